The minimum Gasteiger partial charge on any atom is -0.350 e. The predicted molar refractivity (Wildman–Crippen MR) is 59.9 cm³/mol. The van der Waals surface area contributed by atoms with Gasteiger partial charge in [-0.2, -0.15) is 0 Å². The highest BCUT2D eigenvalue weighted by molar-refractivity contribution is 7.13. The summed E-state index contributed by atoms with van der Waals surface area (Å²) in [6, 6.07) is 1.82. The van der Waals surface area contributed by atoms with E-state index in [0.717, 1.165) is 16.4 Å². The minimum atomic E-state index is -0.424. The summed E-state index contributed by atoms with van der Waals surface area (Å²) in [6.07, 6.45) is 2.76. The van der Waals surface area contributed by atoms with Crippen LogP contribution in [0.2, 0.25) is 0 Å². The van der Waals surface area contributed by atoms with Gasteiger partial charge in [-0.1, -0.05) is 0 Å². The zero-order valence-electron chi connectivity index (χ0n) is 8.95. The number of methoxy groups -OCH3 is 2. The monoisotopic (exact) mass is 237 g/mol. The number of thiazole rings is 1. The third kappa shape index (κ3) is 2.24. The summed E-state index contributed by atoms with van der Waals surface area (Å²) in [5.41, 5.74) is 1.56. The first-order valence-corrected chi connectivity index (χ1v) is 5.50. The van der Waals surface area contributed by atoms with Crippen molar-refractivity contribution >= 4 is 11.3 Å². The smallest absolute Gasteiger partial charge is 0.201 e. The lowest BCUT2D eigenvalue weighted by atomic mass is 10.4. The standard InChI is InChI=1S/C10H11N3O2S/c1-14-10(15-2)8-5-16-9(13-8)7-3-4-11-6-12-7/h3-6,10H,1-2H3. The SMILES string of the molecule is COC(OC)c1csc(-c2ccncn2)n1. The molecule has 0 atom stereocenters. The molecule has 2 heterocycles. The van der Waals surface area contributed by atoms with E-state index in [1.54, 1.807) is 20.4 Å². The maximum atomic E-state index is 5.12. The highest BCUT2D eigenvalue weighted by atomic mass is 32.1. The van der Waals surface area contributed by atoms with Gasteiger partial charge in [0.1, 0.15) is 22.7 Å². The second-order valence-corrected chi connectivity index (χ2v) is 3.83. The fourth-order valence-corrected chi connectivity index (χ4v) is 2.06. The lowest BCUT2D eigenvalue weighted by molar-refractivity contribution is -0.108. The van der Waals surface area contributed by atoms with Gasteiger partial charge in [0.25, 0.3) is 0 Å². The van der Waals surface area contributed by atoms with Gasteiger partial charge < -0.3 is 9.47 Å². The van der Waals surface area contributed by atoms with E-state index in [1.807, 2.05) is 11.4 Å². The molecule has 0 aliphatic carbocycles. The maximum absolute atomic E-state index is 5.12. The highest BCUT2D eigenvalue weighted by Crippen LogP contribution is 2.25. The average molecular weight is 237 g/mol. The van der Waals surface area contributed by atoms with Crippen LogP contribution in [0.15, 0.2) is 24.0 Å². The Morgan fingerprint density at radius 2 is 2.12 bits per heavy atom. The number of rotatable bonds is 4. The Hall–Kier alpha value is -1.37. The molecule has 0 saturated carbocycles. The molecule has 5 nitrogen and oxygen atoms in total. The average Bonchev–Trinajstić information content (AvgIpc) is 2.81. The summed E-state index contributed by atoms with van der Waals surface area (Å²) >= 11 is 1.50. The zero-order chi connectivity index (χ0) is 11.4. The Morgan fingerprint density at radius 3 is 2.75 bits per heavy atom. The van der Waals surface area contributed by atoms with E-state index in [2.05, 4.69) is 15.0 Å². The van der Waals surface area contributed by atoms with Gasteiger partial charge in [-0.15, -0.1) is 11.3 Å². The van der Waals surface area contributed by atoms with Gasteiger partial charge in [-0.25, -0.2) is 15.0 Å². The van der Waals surface area contributed by atoms with Crippen molar-refractivity contribution in [3.05, 3.63) is 29.7 Å². The Bertz CT molecular complexity index is 442. The summed E-state index contributed by atoms with van der Waals surface area (Å²) in [4.78, 5) is 12.4. The molecule has 2 aromatic heterocycles. The van der Waals surface area contributed by atoms with Crippen LogP contribution in [0.5, 0.6) is 0 Å². The van der Waals surface area contributed by atoms with E-state index in [-0.39, 0.29) is 0 Å². The zero-order valence-corrected chi connectivity index (χ0v) is 9.77. The van der Waals surface area contributed by atoms with Crippen LogP contribution in [0.25, 0.3) is 10.7 Å². The van der Waals surface area contributed by atoms with Crippen LogP contribution in [0.3, 0.4) is 0 Å². The van der Waals surface area contributed by atoms with Crippen molar-refractivity contribution in [3.8, 4) is 10.7 Å². The highest BCUT2D eigenvalue weighted by Gasteiger charge is 2.14. The Balaban J connectivity index is 2.26. The first-order valence-electron chi connectivity index (χ1n) is 4.62. The van der Waals surface area contributed by atoms with Gasteiger partial charge in [0.2, 0.25) is 6.29 Å². The van der Waals surface area contributed by atoms with Crippen LogP contribution >= 0.6 is 11.3 Å². The van der Waals surface area contributed by atoms with Gasteiger partial charge in [0, 0.05) is 25.8 Å². The van der Waals surface area contributed by atoms with Crippen molar-refractivity contribution in [3.63, 3.8) is 0 Å². The van der Waals surface area contributed by atoms with Crippen molar-refractivity contribution in [1.82, 2.24) is 15.0 Å². The molecule has 0 aliphatic heterocycles. The molecule has 16 heavy (non-hydrogen) atoms. The van der Waals surface area contributed by atoms with E-state index in [9.17, 15) is 0 Å². The van der Waals surface area contributed by atoms with Crippen LogP contribution in [0.4, 0.5) is 0 Å². The van der Waals surface area contributed by atoms with Crippen LogP contribution in [0.1, 0.15) is 12.0 Å². The van der Waals surface area contributed by atoms with Gasteiger partial charge in [0.05, 0.1) is 0 Å². The number of hydrogen-bond donors (Lipinski definition) is 0. The van der Waals surface area contributed by atoms with E-state index >= 15 is 0 Å². The van der Waals surface area contributed by atoms with Crippen molar-refractivity contribution in [2.45, 2.75) is 6.29 Å². The molecule has 0 N–H and O–H groups in total. The summed E-state index contributed by atoms with van der Waals surface area (Å²) in [6.45, 7) is 0. The molecule has 0 radical (unpaired) electrons. The topological polar surface area (TPSA) is 57.1 Å². The van der Waals surface area contributed by atoms with Crippen molar-refractivity contribution in [2.24, 2.45) is 0 Å². The largest absolute Gasteiger partial charge is 0.350 e. The lowest BCUT2D eigenvalue weighted by Crippen LogP contribution is -2.03. The molecule has 2 aromatic rings. The summed E-state index contributed by atoms with van der Waals surface area (Å²) in [5.74, 6) is 0. The van der Waals surface area contributed by atoms with Crippen molar-refractivity contribution in [2.75, 3.05) is 14.2 Å². The maximum Gasteiger partial charge on any atom is 0.201 e. The van der Waals surface area contributed by atoms with Crippen molar-refractivity contribution in [1.29, 1.82) is 0 Å². The first-order chi connectivity index (χ1) is 7.85. The molecule has 0 bridgehead atoms. The molecule has 0 spiro atoms. The van der Waals surface area contributed by atoms with Gasteiger partial charge >= 0.3 is 0 Å². The van der Waals surface area contributed by atoms with Crippen molar-refractivity contribution < 1.29 is 9.47 Å². The molecule has 84 valence electrons. The van der Waals surface area contributed by atoms with E-state index in [0.29, 0.717) is 0 Å². The second kappa shape index (κ2) is 5.11. The summed E-state index contributed by atoms with van der Waals surface area (Å²) in [5, 5.41) is 2.73. The fraction of sp³-hybridized carbons (Fsp3) is 0.300. The molecule has 6 heteroatoms. The Kier molecular flexibility index (Phi) is 3.55. The van der Waals surface area contributed by atoms with E-state index in [4.69, 9.17) is 9.47 Å². The lowest BCUT2D eigenvalue weighted by Gasteiger charge is -2.09. The third-order valence-electron chi connectivity index (χ3n) is 1.99. The van der Waals surface area contributed by atoms with Crippen LogP contribution in [-0.4, -0.2) is 29.2 Å². The third-order valence-corrected chi connectivity index (χ3v) is 2.88. The number of ether oxygens (including phenoxy) is 2. The Labute approximate surface area is 97.1 Å². The molecule has 0 aliphatic rings. The van der Waals surface area contributed by atoms with E-state index in [1.165, 1.54) is 17.7 Å². The molecule has 0 saturated heterocycles. The summed E-state index contributed by atoms with van der Waals surface area (Å²) < 4.78 is 10.2. The minimum absolute atomic E-state index is 0.424. The second-order valence-electron chi connectivity index (χ2n) is 2.98. The quantitative estimate of drug-likeness (QED) is 0.760. The molecular weight excluding hydrogens is 226 g/mol. The predicted octanol–water partition coefficient (Wildman–Crippen LogP) is 1.89. The molecule has 0 unspecified atom stereocenters. The Morgan fingerprint density at radius 1 is 1.31 bits per heavy atom. The normalized spacial score (nSPS) is 10.9. The van der Waals surface area contributed by atoms with Gasteiger partial charge in [0.15, 0.2) is 0 Å². The van der Waals surface area contributed by atoms with Gasteiger partial charge in [-0.05, 0) is 6.07 Å². The molecule has 2 rings (SSSR count). The van der Waals surface area contributed by atoms with E-state index < -0.39 is 6.29 Å². The molecular formula is C10H11N3O2S. The van der Waals surface area contributed by atoms with Crippen LogP contribution in [0, 0.1) is 0 Å². The fourth-order valence-electron chi connectivity index (χ4n) is 1.27. The summed E-state index contributed by atoms with van der Waals surface area (Å²) in [7, 11) is 3.16. The number of hydrogen-bond acceptors (Lipinski definition) is 6. The first kappa shape index (κ1) is 11.1. The van der Waals surface area contributed by atoms with Gasteiger partial charge in [-0.3, -0.25) is 0 Å². The molecule has 0 aromatic carbocycles. The molecule has 0 fully saturated rings. The number of aromatic nitrogens is 3. The van der Waals surface area contributed by atoms with Crippen LogP contribution < -0.4 is 0 Å². The molecule has 0 amide bonds. The van der Waals surface area contributed by atoms with Crippen LogP contribution in [-0.2, 0) is 9.47 Å². The number of nitrogens with zero attached hydrogens (tertiary/aromatic N) is 3.